The summed E-state index contributed by atoms with van der Waals surface area (Å²) in [6.07, 6.45) is 1.56. The van der Waals surface area contributed by atoms with E-state index in [0.29, 0.717) is 22.7 Å². The van der Waals surface area contributed by atoms with Gasteiger partial charge in [0.1, 0.15) is 5.01 Å². The van der Waals surface area contributed by atoms with Crippen LogP contribution < -0.4 is 20.7 Å². The Labute approximate surface area is 234 Å². The lowest BCUT2D eigenvalue weighted by molar-refractivity contribution is 0.110. The van der Waals surface area contributed by atoms with E-state index in [0.717, 1.165) is 17.8 Å². The van der Waals surface area contributed by atoms with Gasteiger partial charge in [-0.05, 0) is 73.4 Å². The fourth-order valence-corrected chi connectivity index (χ4v) is 6.82. The third kappa shape index (κ3) is 9.16. The van der Waals surface area contributed by atoms with Gasteiger partial charge in [-0.1, -0.05) is 6.07 Å². The molecule has 216 valence electrons. The van der Waals surface area contributed by atoms with E-state index < -0.39 is 27.7 Å². The zero-order valence-corrected chi connectivity index (χ0v) is 25.1. The number of aromatic nitrogens is 1. The highest BCUT2D eigenvalue weighted by atomic mass is 32.2. The summed E-state index contributed by atoms with van der Waals surface area (Å²) in [6, 6.07) is 4.65. The summed E-state index contributed by atoms with van der Waals surface area (Å²) in [6.45, 7) is 12.9. The summed E-state index contributed by atoms with van der Waals surface area (Å²) in [5, 5.41) is 9.71. The SMILES string of the molecule is CC(C)OC(=O)Nc1ccc(-c2cnc([C@@H]3CC[C@@H](NC(=O)OC(C)C)CN3)s2)c(S(=O)(=O)NC(C)(C)C)c1. The van der Waals surface area contributed by atoms with Crippen molar-refractivity contribution in [2.75, 3.05) is 11.9 Å². The summed E-state index contributed by atoms with van der Waals surface area (Å²) in [7, 11) is -3.95. The van der Waals surface area contributed by atoms with Crippen LogP contribution in [0.1, 0.15) is 72.4 Å². The molecule has 2 atom stereocenters. The van der Waals surface area contributed by atoms with Gasteiger partial charge < -0.3 is 20.1 Å². The Morgan fingerprint density at radius 3 is 2.33 bits per heavy atom. The van der Waals surface area contributed by atoms with Gasteiger partial charge >= 0.3 is 12.2 Å². The molecule has 0 spiro atoms. The van der Waals surface area contributed by atoms with Gasteiger partial charge in [-0.3, -0.25) is 5.32 Å². The van der Waals surface area contributed by atoms with Crippen molar-refractivity contribution in [3.8, 4) is 10.4 Å². The molecule has 0 saturated carbocycles. The average molecular weight is 582 g/mol. The third-order valence-corrected chi connectivity index (χ3v) is 8.41. The molecule has 4 N–H and O–H groups in total. The molecule has 3 rings (SSSR count). The number of carbonyl (C=O) groups is 2. The van der Waals surface area contributed by atoms with Crippen LogP contribution in [0.2, 0.25) is 0 Å². The summed E-state index contributed by atoms with van der Waals surface area (Å²) in [5.41, 5.74) is 0.0598. The number of benzene rings is 1. The van der Waals surface area contributed by atoms with Crippen LogP contribution in [0.4, 0.5) is 15.3 Å². The van der Waals surface area contributed by atoms with E-state index in [1.54, 1.807) is 66.8 Å². The van der Waals surface area contributed by atoms with Gasteiger partial charge in [0.05, 0.1) is 28.0 Å². The van der Waals surface area contributed by atoms with Gasteiger partial charge in [-0.15, -0.1) is 11.3 Å². The van der Waals surface area contributed by atoms with Crippen molar-refractivity contribution >= 4 is 39.2 Å². The molecule has 1 aliphatic heterocycles. The molecule has 1 aliphatic rings. The molecule has 2 amide bonds. The first-order chi connectivity index (χ1) is 18.1. The van der Waals surface area contributed by atoms with E-state index in [9.17, 15) is 18.0 Å². The van der Waals surface area contributed by atoms with Crippen molar-refractivity contribution in [3.05, 3.63) is 29.4 Å². The van der Waals surface area contributed by atoms with Gasteiger partial charge in [-0.25, -0.2) is 27.7 Å². The zero-order chi connectivity index (χ0) is 29.0. The standard InChI is InChI=1S/C26H39N5O6S2/c1-15(2)36-24(32)29-17-8-10-19(22(12-17)39(34,35)31-26(5,6)7)21-14-28-23(38-21)20-11-9-18(13-27-20)30-25(33)37-16(3)4/h8,10,12,14-16,18,20,27,31H,9,11,13H2,1-7H3,(H,29,32)(H,30,33)/t18-,20+/m1/s1. The van der Waals surface area contributed by atoms with Crippen LogP contribution in [-0.4, -0.2) is 55.9 Å². The number of amides is 2. The van der Waals surface area contributed by atoms with Gasteiger partial charge in [0, 0.05) is 35.6 Å². The molecular weight excluding hydrogens is 542 g/mol. The Hall–Kier alpha value is -2.74. The summed E-state index contributed by atoms with van der Waals surface area (Å²) >= 11 is 1.40. The highest BCUT2D eigenvalue weighted by Gasteiger charge is 2.29. The maximum Gasteiger partial charge on any atom is 0.411 e. The normalized spacial score (nSPS) is 18.2. The molecule has 39 heavy (non-hydrogen) atoms. The number of carbonyl (C=O) groups excluding carboxylic acids is 2. The number of hydrogen-bond acceptors (Lipinski definition) is 9. The number of ether oxygens (including phenoxy) is 2. The van der Waals surface area contributed by atoms with E-state index in [2.05, 4.69) is 25.7 Å². The molecule has 2 heterocycles. The lowest BCUT2D eigenvalue weighted by atomic mass is 10.0. The molecule has 11 nitrogen and oxygen atoms in total. The van der Waals surface area contributed by atoms with Crippen molar-refractivity contribution in [1.29, 1.82) is 0 Å². The second-order valence-corrected chi connectivity index (χ2v) is 13.8. The minimum Gasteiger partial charge on any atom is -0.447 e. The minimum absolute atomic E-state index is 0.0255. The van der Waals surface area contributed by atoms with Gasteiger partial charge in [0.15, 0.2) is 0 Å². The van der Waals surface area contributed by atoms with Crippen LogP contribution in [-0.2, 0) is 19.5 Å². The number of anilines is 1. The number of rotatable bonds is 8. The lowest BCUT2D eigenvalue weighted by Crippen LogP contribution is -2.47. The molecule has 0 bridgehead atoms. The number of nitrogens with zero attached hydrogens (tertiary/aromatic N) is 1. The van der Waals surface area contributed by atoms with Crippen LogP contribution in [0.25, 0.3) is 10.4 Å². The maximum absolute atomic E-state index is 13.4. The molecule has 1 fully saturated rings. The van der Waals surface area contributed by atoms with E-state index in [-0.39, 0.29) is 29.2 Å². The summed E-state index contributed by atoms with van der Waals surface area (Å²) < 4.78 is 39.8. The highest BCUT2D eigenvalue weighted by molar-refractivity contribution is 7.89. The largest absolute Gasteiger partial charge is 0.447 e. The Morgan fingerprint density at radius 1 is 1.08 bits per heavy atom. The van der Waals surface area contributed by atoms with Crippen LogP contribution >= 0.6 is 11.3 Å². The lowest BCUT2D eigenvalue weighted by Gasteiger charge is -2.29. The molecule has 2 aromatic rings. The van der Waals surface area contributed by atoms with Crippen molar-refractivity contribution < 1.29 is 27.5 Å². The fourth-order valence-electron chi connectivity index (χ4n) is 4.02. The van der Waals surface area contributed by atoms with Crippen LogP contribution in [0.3, 0.4) is 0 Å². The molecule has 13 heteroatoms. The monoisotopic (exact) mass is 581 g/mol. The predicted molar refractivity (Wildman–Crippen MR) is 151 cm³/mol. The molecule has 0 aliphatic carbocycles. The number of alkyl carbamates (subject to hydrolysis) is 1. The molecule has 0 unspecified atom stereocenters. The Bertz CT molecular complexity index is 1260. The number of piperidine rings is 1. The Kier molecular flexibility index (Phi) is 9.97. The van der Waals surface area contributed by atoms with E-state index in [1.165, 1.54) is 17.4 Å². The second-order valence-electron chi connectivity index (χ2n) is 11.0. The number of sulfonamides is 1. The Morgan fingerprint density at radius 2 is 1.74 bits per heavy atom. The first kappa shape index (κ1) is 30.8. The first-order valence-corrected chi connectivity index (χ1v) is 15.2. The highest BCUT2D eigenvalue weighted by Crippen LogP contribution is 2.37. The third-order valence-electron chi connectivity index (χ3n) is 5.47. The summed E-state index contributed by atoms with van der Waals surface area (Å²) in [4.78, 5) is 29.3. The average Bonchev–Trinajstić information content (AvgIpc) is 3.27. The quantitative estimate of drug-likeness (QED) is 0.348. The topological polar surface area (TPSA) is 148 Å². The molecular formula is C26H39N5O6S2. The van der Waals surface area contributed by atoms with Gasteiger partial charge in [0.25, 0.3) is 0 Å². The Balaban J connectivity index is 1.82. The second kappa shape index (κ2) is 12.6. The first-order valence-electron chi connectivity index (χ1n) is 12.9. The smallest absolute Gasteiger partial charge is 0.411 e. The molecule has 1 aromatic carbocycles. The number of thiazole rings is 1. The van der Waals surface area contributed by atoms with E-state index in [1.807, 2.05) is 0 Å². The number of nitrogens with one attached hydrogen (secondary N) is 4. The predicted octanol–water partition coefficient (Wildman–Crippen LogP) is 4.77. The van der Waals surface area contributed by atoms with Crippen molar-refractivity contribution in [2.45, 2.75) is 96.0 Å². The molecule has 0 radical (unpaired) electrons. The maximum atomic E-state index is 13.4. The summed E-state index contributed by atoms with van der Waals surface area (Å²) in [5.74, 6) is 0. The van der Waals surface area contributed by atoms with Gasteiger partial charge in [0.2, 0.25) is 10.0 Å². The fraction of sp³-hybridized carbons (Fsp3) is 0.577. The number of hydrogen-bond donors (Lipinski definition) is 4. The van der Waals surface area contributed by atoms with Crippen LogP contribution in [0.5, 0.6) is 0 Å². The van der Waals surface area contributed by atoms with Crippen molar-refractivity contribution in [2.24, 2.45) is 0 Å². The molecule has 1 aromatic heterocycles. The van der Waals surface area contributed by atoms with Crippen LogP contribution in [0.15, 0.2) is 29.3 Å². The molecule has 1 saturated heterocycles. The zero-order valence-electron chi connectivity index (χ0n) is 23.5. The van der Waals surface area contributed by atoms with Crippen molar-refractivity contribution in [1.82, 2.24) is 20.3 Å². The minimum atomic E-state index is -3.95. The van der Waals surface area contributed by atoms with Gasteiger partial charge in [-0.2, -0.15) is 0 Å². The van der Waals surface area contributed by atoms with E-state index >= 15 is 0 Å². The van der Waals surface area contributed by atoms with Crippen molar-refractivity contribution in [3.63, 3.8) is 0 Å². The van der Waals surface area contributed by atoms with E-state index in [4.69, 9.17) is 9.47 Å². The van der Waals surface area contributed by atoms with Crippen LogP contribution in [0, 0.1) is 0 Å².